The van der Waals surface area contributed by atoms with E-state index in [1.165, 1.54) is 0 Å². The second-order valence-electron chi connectivity index (χ2n) is 13.1. The van der Waals surface area contributed by atoms with Gasteiger partial charge in [-0.25, -0.2) is 19.2 Å². The molecule has 0 aliphatic rings. The summed E-state index contributed by atoms with van der Waals surface area (Å²) in [5.74, 6) is -3.43. The van der Waals surface area contributed by atoms with E-state index in [0.717, 1.165) is 19.4 Å². The predicted molar refractivity (Wildman–Crippen MR) is 202 cm³/mol. The largest absolute Gasteiger partial charge is 0.369 e. The summed E-state index contributed by atoms with van der Waals surface area (Å²) in [5.41, 5.74) is 2.25. The number of hydrogen-bond acceptors (Lipinski definition) is 20. The fourth-order valence-electron chi connectivity index (χ4n) is 5.80. The Morgan fingerprint density at radius 2 is 0.607 bits per heavy atom. The SMILES string of the molecule is O=C(COCC(COCC(=O)On1nnc2ccccc21)(COCC(=O)On1nnc2ccccc21)COCC(=O)On1nnc2ccccc21)On1nnc2ccccc21. The summed E-state index contributed by atoms with van der Waals surface area (Å²) < 4.78 is 23.2. The summed E-state index contributed by atoms with van der Waals surface area (Å²) >= 11 is 0. The molecule has 0 aliphatic carbocycles. The van der Waals surface area contributed by atoms with Crippen LogP contribution in [0, 0.1) is 5.41 Å². The van der Waals surface area contributed by atoms with Gasteiger partial charge < -0.3 is 38.3 Å². The number of ether oxygens (including phenoxy) is 4. The Morgan fingerprint density at radius 3 is 0.852 bits per heavy atom. The Morgan fingerprint density at radius 1 is 0.377 bits per heavy atom. The minimum absolute atomic E-state index is 0.380. The summed E-state index contributed by atoms with van der Waals surface area (Å²) in [7, 11) is 0. The van der Waals surface area contributed by atoms with Crippen molar-refractivity contribution in [2.45, 2.75) is 0 Å². The molecule has 4 aromatic heterocycles. The zero-order valence-corrected chi connectivity index (χ0v) is 31.7. The van der Waals surface area contributed by atoms with Crippen LogP contribution >= 0.6 is 0 Å². The molecule has 0 fully saturated rings. The Bertz CT molecular complexity index is 2440. The number of hydrogen-bond donors (Lipinski definition) is 0. The van der Waals surface area contributed by atoms with Crippen molar-refractivity contribution < 1.29 is 57.5 Å². The third-order valence-corrected chi connectivity index (χ3v) is 8.55. The topological polar surface area (TPSA) is 265 Å². The Balaban J connectivity index is 0.960. The lowest BCUT2D eigenvalue weighted by molar-refractivity contribution is -0.165. The molecule has 0 amide bonds. The first-order valence-corrected chi connectivity index (χ1v) is 18.2. The molecular formula is C37H32N12O12. The number of para-hydroxylation sites is 4. The van der Waals surface area contributed by atoms with Crippen LogP contribution in [0.3, 0.4) is 0 Å². The van der Waals surface area contributed by atoms with E-state index < -0.39 is 55.7 Å². The molecule has 24 nitrogen and oxygen atoms in total. The molecule has 0 N–H and O–H groups in total. The van der Waals surface area contributed by atoms with Crippen molar-refractivity contribution in [1.82, 2.24) is 60.6 Å². The third kappa shape index (κ3) is 9.74. The van der Waals surface area contributed by atoms with Gasteiger partial charge in [0.2, 0.25) is 0 Å². The van der Waals surface area contributed by atoms with Crippen LogP contribution in [0.4, 0.5) is 0 Å². The second kappa shape index (κ2) is 18.4. The fourth-order valence-corrected chi connectivity index (χ4v) is 5.80. The van der Waals surface area contributed by atoms with E-state index in [9.17, 15) is 19.2 Å². The normalized spacial score (nSPS) is 11.7. The molecule has 4 aromatic carbocycles. The number of fused-ring (bicyclic) bond motifs is 4. The van der Waals surface area contributed by atoms with Gasteiger partial charge in [-0.15, -0.1) is 20.4 Å². The molecule has 24 heteroatoms. The number of carbonyl (C=O) groups excluding carboxylic acids is 4. The summed E-state index contributed by atoms with van der Waals surface area (Å²) in [6, 6.07) is 27.3. The molecule has 8 rings (SSSR count). The van der Waals surface area contributed by atoms with Crippen LogP contribution < -0.4 is 19.4 Å². The minimum Gasteiger partial charge on any atom is -0.369 e. The highest BCUT2D eigenvalue weighted by Crippen LogP contribution is 2.22. The summed E-state index contributed by atoms with van der Waals surface area (Å²) in [6.45, 7) is -4.02. The molecule has 0 saturated heterocycles. The lowest BCUT2D eigenvalue weighted by atomic mass is 9.92. The maximum atomic E-state index is 12.9. The zero-order chi connectivity index (χ0) is 42.0. The molecule has 0 aliphatic heterocycles. The molecule has 8 aromatic rings. The van der Waals surface area contributed by atoms with Gasteiger partial charge in [0, 0.05) is 0 Å². The molecule has 0 spiro atoms. The summed E-state index contributed by atoms with van der Waals surface area (Å²) in [5, 5.41) is 31.2. The first-order chi connectivity index (χ1) is 29.8. The quantitative estimate of drug-likeness (QED) is 0.0887. The highest BCUT2D eigenvalue weighted by atomic mass is 16.7. The predicted octanol–water partition coefficient (Wildman–Crippen LogP) is -0.360. The van der Waals surface area contributed by atoms with Crippen molar-refractivity contribution >= 4 is 68.0 Å². The van der Waals surface area contributed by atoms with E-state index in [0.29, 0.717) is 44.1 Å². The molecule has 0 atom stereocenters. The maximum Gasteiger partial charge on any atom is 0.360 e. The molecule has 4 heterocycles. The Kier molecular flexibility index (Phi) is 12.1. The van der Waals surface area contributed by atoms with Crippen molar-refractivity contribution in [3.05, 3.63) is 97.1 Å². The second-order valence-corrected chi connectivity index (χ2v) is 13.1. The van der Waals surface area contributed by atoms with Gasteiger partial charge in [-0.05, 0) is 69.4 Å². The van der Waals surface area contributed by atoms with E-state index in [1.807, 2.05) is 0 Å². The van der Waals surface area contributed by atoms with Gasteiger partial charge in [0.25, 0.3) is 0 Å². The molecule has 312 valence electrons. The van der Waals surface area contributed by atoms with Crippen LogP contribution in [-0.4, -0.2) is 137 Å². The molecule has 0 unspecified atom stereocenters. The zero-order valence-electron chi connectivity index (χ0n) is 31.7. The van der Waals surface area contributed by atoms with Gasteiger partial charge in [-0.1, -0.05) is 67.9 Å². The van der Waals surface area contributed by atoms with Crippen LogP contribution in [0.1, 0.15) is 0 Å². The lowest BCUT2D eigenvalue weighted by Crippen LogP contribution is -2.44. The van der Waals surface area contributed by atoms with Gasteiger partial charge in [0.1, 0.15) is 70.6 Å². The smallest absolute Gasteiger partial charge is 0.360 e. The van der Waals surface area contributed by atoms with Crippen LogP contribution in [0.2, 0.25) is 0 Å². The van der Waals surface area contributed by atoms with Gasteiger partial charge in [0.05, 0.1) is 31.8 Å². The van der Waals surface area contributed by atoms with Crippen LogP contribution in [0.25, 0.3) is 44.1 Å². The van der Waals surface area contributed by atoms with Crippen molar-refractivity contribution in [1.29, 1.82) is 0 Å². The average Bonchev–Trinajstić information content (AvgIpc) is 4.07. The maximum absolute atomic E-state index is 12.9. The van der Waals surface area contributed by atoms with E-state index in [4.69, 9.17) is 38.3 Å². The number of nitrogens with zero attached hydrogens (tertiary/aromatic N) is 12. The average molecular weight is 837 g/mol. The summed E-state index contributed by atoms with van der Waals surface area (Å²) in [6.07, 6.45) is 0. The molecule has 61 heavy (non-hydrogen) atoms. The number of rotatable bonds is 20. The third-order valence-electron chi connectivity index (χ3n) is 8.55. The monoisotopic (exact) mass is 836 g/mol. The fraction of sp³-hybridized carbons (Fsp3) is 0.243. The van der Waals surface area contributed by atoms with Crippen molar-refractivity contribution in [2.24, 2.45) is 5.41 Å². The van der Waals surface area contributed by atoms with Crippen molar-refractivity contribution in [3.63, 3.8) is 0 Å². The molecular weight excluding hydrogens is 804 g/mol. The first kappa shape index (κ1) is 40.0. The van der Waals surface area contributed by atoms with E-state index >= 15 is 0 Å². The van der Waals surface area contributed by atoms with E-state index in [-0.39, 0.29) is 26.4 Å². The standard InChI is InChI=1S/C37H32N12O12/c50-33(58-46-29-13-5-1-9-25(29)38-42-46)17-54-21-37(22-55-18-34(51)59-47-30-14-6-2-10-26(30)39-43-47,23-56-19-35(52)60-48-31-15-7-3-11-27(31)40-44-48)24-57-20-36(53)61-49-32-16-8-4-12-28(32)41-45-49/h1-16H,17-24H2. The van der Waals surface area contributed by atoms with E-state index in [2.05, 4.69) is 41.2 Å². The lowest BCUT2D eigenvalue weighted by Gasteiger charge is -2.32. The van der Waals surface area contributed by atoms with Crippen molar-refractivity contribution in [3.8, 4) is 0 Å². The van der Waals surface area contributed by atoms with Gasteiger partial charge in [-0.3, -0.25) is 0 Å². The molecule has 0 radical (unpaired) electrons. The molecule has 0 saturated carbocycles. The summed E-state index contributed by atoms with van der Waals surface area (Å²) in [4.78, 5) is 76.8. The van der Waals surface area contributed by atoms with Gasteiger partial charge in [0.15, 0.2) is 0 Å². The highest BCUT2D eigenvalue weighted by Gasteiger charge is 2.35. The van der Waals surface area contributed by atoms with Crippen molar-refractivity contribution in [2.75, 3.05) is 52.9 Å². The van der Waals surface area contributed by atoms with Crippen LogP contribution in [0.15, 0.2) is 97.1 Å². The van der Waals surface area contributed by atoms with Gasteiger partial charge in [-0.2, -0.15) is 0 Å². The minimum atomic E-state index is -1.44. The first-order valence-electron chi connectivity index (χ1n) is 18.2. The van der Waals surface area contributed by atoms with Gasteiger partial charge >= 0.3 is 23.9 Å². The number of aromatic nitrogens is 12. The van der Waals surface area contributed by atoms with E-state index in [1.54, 1.807) is 97.1 Å². The highest BCUT2D eigenvalue weighted by molar-refractivity contribution is 5.78. The number of benzene rings is 4. The van der Waals surface area contributed by atoms with Crippen LogP contribution in [0.5, 0.6) is 0 Å². The molecule has 0 bridgehead atoms. The van der Waals surface area contributed by atoms with Crippen LogP contribution in [-0.2, 0) is 38.1 Å². The number of carbonyl (C=O) groups is 4. The Labute approximate surface area is 341 Å². The Hall–Kier alpha value is -7.80.